The fourth-order valence-electron chi connectivity index (χ4n) is 3.73. The molecule has 2 aromatic rings. The Balaban J connectivity index is 1.83. The highest BCUT2D eigenvalue weighted by atomic mass is 32.2. The van der Waals surface area contributed by atoms with Crippen molar-refractivity contribution in [1.29, 1.82) is 0 Å². The summed E-state index contributed by atoms with van der Waals surface area (Å²) in [5.74, 6) is 0.618. The SMILES string of the molecule is CCOc1ccccc1OCC(=O)Nc1cc(S(=O)(=O)N2CCOCC2)ccc1N(CC)CC. The van der Waals surface area contributed by atoms with Crippen LogP contribution in [-0.4, -0.2) is 71.2 Å². The van der Waals surface area contributed by atoms with Crippen LogP contribution in [0, 0.1) is 0 Å². The van der Waals surface area contributed by atoms with Crippen molar-refractivity contribution in [2.45, 2.75) is 25.7 Å². The molecule has 0 aliphatic carbocycles. The molecule has 9 nitrogen and oxygen atoms in total. The van der Waals surface area contributed by atoms with Crippen LogP contribution in [0.25, 0.3) is 0 Å². The number of anilines is 2. The van der Waals surface area contributed by atoms with Gasteiger partial charge in [-0.15, -0.1) is 0 Å². The molecular formula is C24H33N3O6S. The third-order valence-corrected chi connectivity index (χ3v) is 7.36. The molecule has 0 unspecified atom stereocenters. The Hall–Kier alpha value is -2.82. The lowest BCUT2D eigenvalue weighted by Crippen LogP contribution is -2.40. The highest BCUT2D eigenvalue weighted by Gasteiger charge is 2.27. The summed E-state index contributed by atoms with van der Waals surface area (Å²) in [4.78, 5) is 15.0. The standard InChI is InChI=1S/C24H33N3O6S/c1-4-26(5-2)21-12-11-19(34(29,30)27-13-15-31-16-14-27)17-20(21)25-24(28)18-33-23-10-8-7-9-22(23)32-6-3/h7-12,17H,4-6,13-16,18H2,1-3H3,(H,25,28). The van der Waals surface area contributed by atoms with Gasteiger partial charge in [0.1, 0.15) is 0 Å². The number of carbonyl (C=O) groups is 1. The third-order valence-electron chi connectivity index (χ3n) is 5.46. The van der Waals surface area contributed by atoms with Crippen molar-refractivity contribution in [3.63, 3.8) is 0 Å². The third kappa shape index (κ3) is 6.19. The van der Waals surface area contributed by atoms with Crippen LogP contribution < -0.4 is 19.7 Å². The number of hydrogen-bond donors (Lipinski definition) is 1. The minimum Gasteiger partial charge on any atom is -0.490 e. The molecule has 0 spiro atoms. The van der Waals surface area contributed by atoms with Crippen molar-refractivity contribution in [2.75, 3.05) is 62.8 Å². The Labute approximate surface area is 201 Å². The van der Waals surface area contributed by atoms with E-state index in [1.807, 2.05) is 31.7 Å². The van der Waals surface area contributed by atoms with Gasteiger partial charge in [0.15, 0.2) is 18.1 Å². The highest BCUT2D eigenvalue weighted by molar-refractivity contribution is 7.89. The van der Waals surface area contributed by atoms with Crippen molar-refractivity contribution < 1.29 is 27.4 Å². The molecule has 186 valence electrons. The Kier molecular flexibility index (Phi) is 9.14. The monoisotopic (exact) mass is 491 g/mol. The number of rotatable bonds is 11. The molecule has 1 aliphatic rings. The number of morpholine rings is 1. The van der Waals surface area contributed by atoms with Gasteiger partial charge in [0.05, 0.1) is 36.1 Å². The Morgan fingerprint density at radius 3 is 2.29 bits per heavy atom. The summed E-state index contributed by atoms with van der Waals surface area (Å²) >= 11 is 0. The molecule has 34 heavy (non-hydrogen) atoms. The number of sulfonamides is 1. The van der Waals surface area contributed by atoms with Gasteiger partial charge in [0.25, 0.3) is 5.91 Å². The highest BCUT2D eigenvalue weighted by Crippen LogP contribution is 2.31. The summed E-state index contributed by atoms with van der Waals surface area (Å²) in [7, 11) is -3.71. The van der Waals surface area contributed by atoms with Crippen LogP contribution in [0.2, 0.25) is 0 Å². The number of nitrogens with zero attached hydrogens (tertiary/aromatic N) is 2. The molecule has 1 fully saturated rings. The van der Waals surface area contributed by atoms with Gasteiger partial charge < -0.3 is 24.4 Å². The molecule has 2 aromatic carbocycles. The van der Waals surface area contributed by atoms with E-state index in [0.29, 0.717) is 63.2 Å². The maximum atomic E-state index is 13.2. The number of amides is 1. The molecule has 0 saturated carbocycles. The summed E-state index contributed by atoms with van der Waals surface area (Å²) in [6.07, 6.45) is 0. The summed E-state index contributed by atoms with van der Waals surface area (Å²) in [5, 5.41) is 2.84. The van der Waals surface area contributed by atoms with Gasteiger partial charge in [-0.05, 0) is 51.1 Å². The minimum atomic E-state index is -3.71. The largest absolute Gasteiger partial charge is 0.490 e. The second kappa shape index (κ2) is 12.0. The van der Waals surface area contributed by atoms with Crippen LogP contribution in [0.4, 0.5) is 11.4 Å². The zero-order valence-electron chi connectivity index (χ0n) is 20.0. The second-order valence-corrected chi connectivity index (χ2v) is 9.52. The van der Waals surface area contributed by atoms with Crippen molar-refractivity contribution >= 4 is 27.3 Å². The number of para-hydroxylation sites is 2. The van der Waals surface area contributed by atoms with Gasteiger partial charge in [-0.3, -0.25) is 4.79 Å². The van der Waals surface area contributed by atoms with E-state index >= 15 is 0 Å². The minimum absolute atomic E-state index is 0.128. The molecule has 1 aliphatic heterocycles. The van der Waals surface area contributed by atoms with Crippen LogP contribution in [0.15, 0.2) is 47.4 Å². The Morgan fingerprint density at radius 2 is 1.68 bits per heavy atom. The van der Waals surface area contributed by atoms with E-state index in [2.05, 4.69) is 5.32 Å². The van der Waals surface area contributed by atoms with Crippen LogP contribution in [0.3, 0.4) is 0 Å². The quantitative estimate of drug-likeness (QED) is 0.516. The maximum Gasteiger partial charge on any atom is 0.262 e. The second-order valence-electron chi connectivity index (χ2n) is 7.58. The van der Waals surface area contributed by atoms with Crippen molar-refractivity contribution in [2.24, 2.45) is 0 Å². The molecule has 1 amide bonds. The fourth-order valence-corrected chi connectivity index (χ4v) is 5.16. The van der Waals surface area contributed by atoms with E-state index in [0.717, 1.165) is 5.69 Å². The average Bonchev–Trinajstić information content (AvgIpc) is 2.85. The topological polar surface area (TPSA) is 97.4 Å². The first-order valence-corrected chi connectivity index (χ1v) is 13.0. The van der Waals surface area contributed by atoms with E-state index in [4.69, 9.17) is 14.2 Å². The molecular weight excluding hydrogens is 458 g/mol. The number of hydrogen-bond acceptors (Lipinski definition) is 7. The fraction of sp³-hybridized carbons (Fsp3) is 0.458. The predicted octanol–water partition coefficient (Wildman–Crippen LogP) is 2.97. The molecule has 0 aromatic heterocycles. The van der Waals surface area contributed by atoms with Gasteiger partial charge in [-0.25, -0.2) is 8.42 Å². The molecule has 0 atom stereocenters. The van der Waals surface area contributed by atoms with E-state index in [-0.39, 0.29) is 11.5 Å². The van der Waals surface area contributed by atoms with Crippen LogP contribution in [0.5, 0.6) is 11.5 Å². The Morgan fingerprint density at radius 1 is 1.03 bits per heavy atom. The smallest absolute Gasteiger partial charge is 0.262 e. The van der Waals surface area contributed by atoms with E-state index in [1.54, 1.807) is 30.3 Å². The van der Waals surface area contributed by atoms with Gasteiger partial charge in [0, 0.05) is 26.2 Å². The number of benzene rings is 2. The lowest BCUT2D eigenvalue weighted by Gasteiger charge is -2.28. The lowest BCUT2D eigenvalue weighted by atomic mass is 10.2. The van der Waals surface area contributed by atoms with E-state index in [9.17, 15) is 13.2 Å². The van der Waals surface area contributed by atoms with Gasteiger partial charge >= 0.3 is 0 Å². The number of carbonyl (C=O) groups excluding carboxylic acids is 1. The van der Waals surface area contributed by atoms with Crippen molar-refractivity contribution in [3.05, 3.63) is 42.5 Å². The normalized spacial score (nSPS) is 14.4. The summed E-state index contributed by atoms with van der Waals surface area (Å²) < 4.78 is 44.2. The van der Waals surface area contributed by atoms with Crippen LogP contribution >= 0.6 is 0 Å². The van der Waals surface area contributed by atoms with E-state index < -0.39 is 15.9 Å². The van der Waals surface area contributed by atoms with Gasteiger partial charge in [-0.1, -0.05) is 12.1 Å². The van der Waals surface area contributed by atoms with Crippen molar-refractivity contribution in [3.8, 4) is 11.5 Å². The Bertz CT molecular complexity index is 1070. The molecule has 0 radical (unpaired) electrons. The first kappa shape index (κ1) is 25.8. The van der Waals surface area contributed by atoms with Crippen LogP contribution in [0.1, 0.15) is 20.8 Å². The zero-order chi connectivity index (χ0) is 24.6. The number of nitrogens with one attached hydrogen (secondary N) is 1. The maximum absolute atomic E-state index is 13.2. The predicted molar refractivity (Wildman–Crippen MR) is 131 cm³/mol. The zero-order valence-corrected chi connectivity index (χ0v) is 20.8. The van der Waals surface area contributed by atoms with Gasteiger partial charge in [0.2, 0.25) is 10.0 Å². The molecule has 1 saturated heterocycles. The van der Waals surface area contributed by atoms with Crippen molar-refractivity contribution in [1.82, 2.24) is 4.31 Å². The summed E-state index contributed by atoms with van der Waals surface area (Å²) in [6, 6.07) is 12.0. The molecule has 0 bridgehead atoms. The van der Waals surface area contributed by atoms with Gasteiger partial charge in [-0.2, -0.15) is 4.31 Å². The molecule has 10 heteroatoms. The average molecular weight is 492 g/mol. The van der Waals surface area contributed by atoms with E-state index in [1.165, 1.54) is 10.4 Å². The molecule has 1 N–H and O–H groups in total. The molecule has 1 heterocycles. The first-order chi connectivity index (χ1) is 16.4. The summed E-state index contributed by atoms with van der Waals surface area (Å²) in [6.45, 7) is 8.83. The first-order valence-electron chi connectivity index (χ1n) is 11.5. The lowest BCUT2D eigenvalue weighted by molar-refractivity contribution is -0.118. The molecule has 3 rings (SSSR count). The number of ether oxygens (including phenoxy) is 3. The summed E-state index contributed by atoms with van der Waals surface area (Å²) in [5.41, 5.74) is 1.17. The van der Waals surface area contributed by atoms with Crippen LogP contribution in [-0.2, 0) is 19.6 Å².